The van der Waals surface area contributed by atoms with Crippen molar-refractivity contribution in [2.75, 3.05) is 11.1 Å². The summed E-state index contributed by atoms with van der Waals surface area (Å²) in [5, 5.41) is 3.05. The summed E-state index contributed by atoms with van der Waals surface area (Å²) in [7, 11) is 1.85. The summed E-state index contributed by atoms with van der Waals surface area (Å²) in [4.78, 5) is 8.40. The summed E-state index contributed by atoms with van der Waals surface area (Å²) in [5.74, 6) is -0.309. The molecular formula is C16H17F2N5. The van der Waals surface area contributed by atoms with Crippen LogP contribution in [-0.2, 0) is 20.0 Å². The van der Waals surface area contributed by atoms with E-state index < -0.39 is 11.6 Å². The molecule has 0 unspecified atom stereocenters. The topological polar surface area (TPSA) is 68.8 Å². The lowest BCUT2D eigenvalue weighted by atomic mass is 10.0. The molecule has 3 aromatic rings. The number of aryl methyl sites for hydroxylation is 2. The number of hydrogen-bond donors (Lipinski definition) is 2. The molecule has 0 aliphatic heterocycles. The molecule has 0 atom stereocenters. The van der Waals surface area contributed by atoms with Gasteiger partial charge in [0, 0.05) is 31.3 Å². The molecule has 5 nitrogen and oxygen atoms in total. The van der Waals surface area contributed by atoms with Gasteiger partial charge in [-0.2, -0.15) is 0 Å². The van der Waals surface area contributed by atoms with Crippen LogP contribution in [0, 0.1) is 11.6 Å². The number of nitrogens with one attached hydrogen (secondary N) is 1. The second kappa shape index (κ2) is 5.83. The molecule has 1 aromatic carbocycles. The van der Waals surface area contributed by atoms with Gasteiger partial charge < -0.3 is 15.6 Å². The Hall–Kier alpha value is -2.70. The highest BCUT2D eigenvalue weighted by Crippen LogP contribution is 2.22. The van der Waals surface area contributed by atoms with Crippen molar-refractivity contribution in [2.45, 2.75) is 19.9 Å². The highest BCUT2D eigenvalue weighted by atomic mass is 19.1. The van der Waals surface area contributed by atoms with E-state index in [0.717, 1.165) is 11.6 Å². The Morgan fingerprint density at radius 3 is 2.78 bits per heavy atom. The number of pyridine rings is 1. The average molecular weight is 317 g/mol. The molecule has 0 saturated heterocycles. The number of nitrogen functional groups attached to an aromatic ring is 1. The number of fused-ring (bicyclic) bond motifs is 1. The van der Waals surface area contributed by atoms with Crippen LogP contribution in [-0.4, -0.2) is 14.5 Å². The Bertz CT molecular complexity index is 873. The molecule has 2 aromatic heterocycles. The van der Waals surface area contributed by atoms with Crippen molar-refractivity contribution >= 4 is 22.7 Å². The van der Waals surface area contributed by atoms with Crippen LogP contribution >= 0.6 is 0 Å². The SMILES string of the molecule is CCc1cc(F)cc(F)c1CNc1cc2c(ncn2C)c(N)n1. The largest absolute Gasteiger partial charge is 0.382 e. The van der Waals surface area contributed by atoms with Gasteiger partial charge in [-0.1, -0.05) is 6.92 Å². The monoisotopic (exact) mass is 317 g/mol. The van der Waals surface area contributed by atoms with Crippen LogP contribution in [0.1, 0.15) is 18.1 Å². The van der Waals surface area contributed by atoms with E-state index in [2.05, 4.69) is 15.3 Å². The predicted octanol–water partition coefficient (Wildman–Crippen LogP) is 3.00. The molecule has 0 radical (unpaired) electrons. The fraction of sp³-hybridized carbons (Fsp3) is 0.250. The number of nitrogens with zero attached hydrogens (tertiary/aromatic N) is 3. The van der Waals surface area contributed by atoms with Crippen molar-refractivity contribution in [3.8, 4) is 0 Å². The normalized spacial score (nSPS) is 11.1. The molecule has 3 rings (SSSR count). The molecule has 23 heavy (non-hydrogen) atoms. The van der Waals surface area contributed by atoms with Crippen LogP contribution in [0.4, 0.5) is 20.4 Å². The average Bonchev–Trinajstić information content (AvgIpc) is 2.87. The van der Waals surface area contributed by atoms with E-state index in [4.69, 9.17) is 5.73 Å². The van der Waals surface area contributed by atoms with Gasteiger partial charge in [-0.3, -0.25) is 0 Å². The summed E-state index contributed by atoms with van der Waals surface area (Å²) in [6, 6.07) is 4.04. The highest BCUT2D eigenvalue weighted by Gasteiger charge is 2.12. The number of nitrogens with two attached hydrogens (primary N) is 1. The van der Waals surface area contributed by atoms with Gasteiger partial charge in [-0.25, -0.2) is 18.7 Å². The smallest absolute Gasteiger partial charge is 0.154 e. The number of benzene rings is 1. The lowest BCUT2D eigenvalue weighted by molar-refractivity contribution is 0.569. The molecule has 0 aliphatic carbocycles. The van der Waals surface area contributed by atoms with Gasteiger partial charge in [-0.05, 0) is 18.1 Å². The maximum Gasteiger partial charge on any atom is 0.154 e. The standard InChI is InChI=1S/C16H17F2N5/c1-3-9-4-10(17)5-12(18)11(9)7-20-14-6-13-15(16(19)22-14)21-8-23(13)2/h4-6,8H,3,7H2,1-2H3,(H3,19,20,22). The van der Waals surface area contributed by atoms with Crippen LogP contribution < -0.4 is 11.1 Å². The molecule has 2 heterocycles. The third-order valence-electron chi connectivity index (χ3n) is 3.82. The van der Waals surface area contributed by atoms with Crippen LogP contribution in [0.5, 0.6) is 0 Å². The number of hydrogen-bond acceptors (Lipinski definition) is 4. The number of rotatable bonds is 4. The first-order valence-corrected chi connectivity index (χ1v) is 7.27. The van der Waals surface area contributed by atoms with E-state index in [9.17, 15) is 8.78 Å². The van der Waals surface area contributed by atoms with Crippen molar-refractivity contribution in [1.82, 2.24) is 14.5 Å². The molecule has 3 N–H and O–H groups in total. The molecule has 7 heteroatoms. The van der Waals surface area contributed by atoms with E-state index in [1.165, 1.54) is 6.07 Å². The summed E-state index contributed by atoms with van der Waals surface area (Å²) >= 11 is 0. The van der Waals surface area contributed by atoms with Crippen LogP contribution in [0.3, 0.4) is 0 Å². The minimum absolute atomic E-state index is 0.199. The van der Waals surface area contributed by atoms with E-state index >= 15 is 0 Å². The van der Waals surface area contributed by atoms with Gasteiger partial charge in [0.25, 0.3) is 0 Å². The minimum Gasteiger partial charge on any atom is -0.382 e. The zero-order valence-electron chi connectivity index (χ0n) is 12.9. The van der Waals surface area contributed by atoms with E-state index in [1.807, 2.05) is 18.5 Å². The van der Waals surface area contributed by atoms with Crippen LogP contribution in [0.25, 0.3) is 11.0 Å². The second-order valence-electron chi connectivity index (χ2n) is 5.35. The van der Waals surface area contributed by atoms with Crippen molar-refractivity contribution in [3.05, 3.63) is 47.3 Å². The van der Waals surface area contributed by atoms with Crippen LogP contribution in [0.15, 0.2) is 24.5 Å². The zero-order valence-corrected chi connectivity index (χ0v) is 12.9. The lowest BCUT2D eigenvalue weighted by Gasteiger charge is -2.12. The lowest BCUT2D eigenvalue weighted by Crippen LogP contribution is -2.08. The Labute approximate surface area is 132 Å². The minimum atomic E-state index is -0.568. The Balaban J connectivity index is 1.91. The van der Waals surface area contributed by atoms with Gasteiger partial charge in [0.1, 0.15) is 23.0 Å². The number of halogens is 2. The molecule has 0 bridgehead atoms. The van der Waals surface area contributed by atoms with Gasteiger partial charge in [0.05, 0.1) is 11.8 Å². The fourth-order valence-electron chi connectivity index (χ4n) is 2.59. The molecule has 0 spiro atoms. The summed E-state index contributed by atoms with van der Waals surface area (Å²) in [6.45, 7) is 2.06. The molecule has 0 fully saturated rings. The highest BCUT2D eigenvalue weighted by molar-refractivity contribution is 5.87. The Morgan fingerprint density at radius 2 is 2.04 bits per heavy atom. The first kappa shape index (κ1) is 15.2. The van der Waals surface area contributed by atoms with Crippen molar-refractivity contribution < 1.29 is 8.78 Å². The summed E-state index contributed by atoms with van der Waals surface area (Å²) in [5.41, 5.74) is 8.41. The van der Waals surface area contributed by atoms with E-state index in [-0.39, 0.29) is 6.54 Å². The first-order valence-electron chi connectivity index (χ1n) is 7.27. The number of anilines is 2. The Kier molecular flexibility index (Phi) is 3.85. The van der Waals surface area contributed by atoms with Crippen molar-refractivity contribution in [1.29, 1.82) is 0 Å². The molecule has 120 valence electrons. The van der Waals surface area contributed by atoms with E-state index in [1.54, 1.807) is 12.4 Å². The fourth-order valence-corrected chi connectivity index (χ4v) is 2.59. The molecule has 0 amide bonds. The molecular weight excluding hydrogens is 300 g/mol. The maximum absolute atomic E-state index is 14.0. The molecule has 0 saturated carbocycles. The van der Waals surface area contributed by atoms with Crippen molar-refractivity contribution in [3.63, 3.8) is 0 Å². The van der Waals surface area contributed by atoms with Crippen LogP contribution in [0.2, 0.25) is 0 Å². The summed E-state index contributed by atoms with van der Waals surface area (Å²) in [6.07, 6.45) is 2.20. The predicted molar refractivity (Wildman–Crippen MR) is 86.0 cm³/mol. The second-order valence-corrected chi connectivity index (χ2v) is 5.35. The third kappa shape index (κ3) is 2.81. The van der Waals surface area contributed by atoms with Gasteiger partial charge in [0.2, 0.25) is 0 Å². The maximum atomic E-state index is 14.0. The van der Waals surface area contributed by atoms with Gasteiger partial charge in [-0.15, -0.1) is 0 Å². The quantitative estimate of drug-likeness (QED) is 0.776. The number of aromatic nitrogens is 3. The van der Waals surface area contributed by atoms with Gasteiger partial charge in [0.15, 0.2) is 5.82 Å². The Morgan fingerprint density at radius 1 is 1.26 bits per heavy atom. The van der Waals surface area contributed by atoms with E-state index in [0.29, 0.717) is 34.7 Å². The number of imidazole rings is 1. The summed E-state index contributed by atoms with van der Waals surface area (Å²) < 4.78 is 29.1. The van der Waals surface area contributed by atoms with Gasteiger partial charge >= 0.3 is 0 Å². The van der Waals surface area contributed by atoms with Crippen molar-refractivity contribution in [2.24, 2.45) is 7.05 Å². The first-order chi connectivity index (χ1) is 11.0. The third-order valence-corrected chi connectivity index (χ3v) is 3.82. The molecule has 0 aliphatic rings. The zero-order chi connectivity index (χ0) is 16.6.